The van der Waals surface area contributed by atoms with Crippen LogP contribution in [0, 0.1) is 5.92 Å². The molecule has 2 nitrogen and oxygen atoms in total. The topological polar surface area (TPSA) is 21.3 Å². The van der Waals surface area contributed by atoms with E-state index in [1.54, 1.807) is 0 Å². The first kappa shape index (κ1) is 10.4. The predicted molar refractivity (Wildman–Crippen MR) is 58.4 cm³/mol. The molecule has 0 amide bonds. The van der Waals surface area contributed by atoms with Gasteiger partial charge in [0.2, 0.25) is 0 Å². The molecule has 0 aromatic carbocycles. The van der Waals surface area contributed by atoms with Crippen LogP contribution in [0.4, 0.5) is 0 Å². The first-order valence-corrected chi connectivity index (χ1v) is 6.25. The maximum Gasteiger partial charge on any atom is 0.0699 e. The van der Waals surface area contributed by atoms with E-state index in [1.807, 2.05) is 0 Å². The van der Waals surface area contributed by atoms with E-state index >= 15 is 0 Å². The molecule has 0 spiro atoms. The fourth-order valence-corrected chi connectivity index (χ4v) is 2.39. The fraction of sp³-hybridized carbons (Fsp3) is 1.00. The number of ether oxygens (including phenoxy) is 1. The van der Waals surface area contributed by atoms with Crippen LogP contribution in [-0.4, -0.2) is 25.3 Å². The van der Waals surface area contributed by atoms with Crippen LogP contribution in [0.1, 0.15) is 45.4 Å². The molecule has 14 heavy (non-hydrogen) atoms. The number of nitrogens with one attached hydrogen (secondary N) is 1. The van der Waals surface area contributed by atoms with E-state index in [0.29, 0.717) is 6.10 Å². The molecule has 1 saturated carbocycles. The van der Waals surface area contributed by atoms with Crippen LogP contribution in [0.2, 0.25) is 0 Å². The van der Waals surface area contributed by atoms with E-state index in [9.17, 15) is 0 Å². The zero-order valence-electron chi connectivity index (χ0n) is 9.30. The standard InChI is InChI=1S/C12H23NO/c1-2-12(10-6-7-10)13-9-11-5-3-4-8-14-11/h10-13H,2-9H2,1H3. The van der Waals surface area contributed by atoms with E-state index in [1.165, 1.54) is 38.5 Å². The minimum atomic E-state index is 0.497. The average Bonchev–Trinajstić information content (AvgIpc) is 3.05. The van der Waals surface area contributed by atoms with Gasteiger partial charge in [0, 0.05) is 19.2 Å². The summed E-state index contributed by atoms with van der Waals surface area (Å²) in [4.78, 5) is 0. The predicted octanol–water partition coefficient (Wildman–Crippen LogP) is 2.33. The Balaban J connectivity index is 1.63. The molecule has 82 valence electrons. The van der Waals surface area contributed by atoms with E-state index in [-0.39, 0.29) is 0 Å². The second kappa shape index (κ2) is 5.13. The third-order valence-electron chi connectivity index (χ3n) is 3.51. The quantitative estimate of drug-likeness (QED) is 0.730. The Hall–Kier alpha value is -0.0800. The summed E-state index contributed by atoms with van der Waals surface area (Å²) < 4.78 is 5.71. The Morgan fingerprint density at radius 2 is 2.14 bits per heavy atom. The fourth-order valence-electron chi connectivity index (χ4n) is 2.39. The zero-order valence-corrected chi connectivity index (χ0v) is 9.30. The van der Waals surface area contributed by atoms with Crippen LogP contribution < -0.4 is 5.32 Å². The van der Waals surface area contributed by atoms with Gasteiger partial charge in [0.1, 0.15) is 0 Å². The zero-order chi connectivity index (χ0) is 9.80. The Labute approximate surface area is 87.4 Å². The Bertz CT molecular complexity index is 162. The average molecular weight is 197 g/mol. The minimum absolute atomic E-state index is 0.497. The lowest BCUT2D eigenvalue weighted by Gasteiger charge is -2.25. The maximum atomic E-state index is 5.71. The van der Waals surface area contributed by atoms with Gasteiger partial charge in [-0.3, -0.25) is 0 Å². The highest BCUT2D eigenvalue weighted by Gasteiger charge is 2.30. The molecule has 1 heterocycles. The summed E-state index contributed by atoms with van der Waals surface area (Å²) >= 11 is 0. The van der Waals surface area contributed by atoms with Gasteiger partial charge in [0.15, 0.2) is 0 Å². The number of rotatable bonds is 5. The van der Waals surface area contributed by atoms with Crippen molar-refractivity contribution < 1.29 is 4.74 Å². The van der Waals surface area contributed by atoms with Crippen molar-refractivity contribution in [3.8, 4) is 0 Å². The van der Waals surface area contributed by atoms with Crippen LogP contribution in [0.5, 0.6) is 0 Å². The van der Waals surface area contributed by atoms with Gasteiger partial charge in [0.25, 0.3) is 0 Å². The number of hydrogen-bond donors (Lipinski definition) is 1. The van der Waals surface area contributed by atoms with E-state index in [2.05, 4.69) is 12.2 Å². The summed E-state index contributed by atoms with van der Waals surface area (Å²) in [7, 11) is 0. The van der Waals surface area contributed by atoms with Gasteiger partial charge in [0.05, 0.1) is 6.10 Å². The Morgan fingerprint density at radius 3 is 2.71 bits per heavy atom. The van der Waals surface area contributed by atoms with Crippen molar-refractivity contribution >= 4 is 0 Å². The monoisotopic (exact) mass is 197 g/mol. The third kappa shape index (κ3) is 2.96. The van der Waals surface area contributed by atoms with Crippen molar-refractivity contribution in [1.82, 2.24) is 5.32 Å². The molecule has 0 radical (unpaired) electrons. The minimum Gasteiger partial charge on any atom is -0.377 e. The molecule has 1 N–H and O–H groups in total. The molecular formula is C12H23NO. The van der Waals surface area contributed by atoms with Crippen LogP contribution in [-0.2, 0) is 4.74 Å². The largest absolute Gasteiger partial charge is 0.377 e. The lowest BCUT2D eigenvalue weighted by Crippen LogP contribution is -2.38. The summed E-state index contributed by atoms with van der Waals surface area (Å²) in [6, 6.07) is 0.764. The number of hydrogen-bond acceptors (Lipinski definition) is 2. The molecule has 0 aromatic heterocycles. The van der Waals surface area contributed by atoms with Crippen LogP contribution in [0.3, 0.4) is 0 Å². The molecule has 2 aliphatic rings. The van der Waals surface area contributed by atoms with E-state index in [0.717, 1.165) is 25.1 Å². The van der Waals surface area contributed by atoms with Gasteiger partial charge in [-0.1, -0.05) is 6.92 Å². The molecule has 2 rings (SSSR count). The van der Waals surface area contributed by atoms with Crippen molar-refractivity contribution in [3.63, 3.8) is 0 Å². The maximum absolute atomic E-state index is 5.71. The summed E-state index contributed by atoms with van der Waals surface area (Å²) in [6.07, 6.45) is 8.53. The molecule has 2 unspecified atom stereocenters. The van der Waals surface area contributed by atoms with Crippen LogP contribution >= 0.6 is 0 Å². The molecular weight excluding hydrogens is 174 g/mol. The smallest absolute Gasteiger partial charge is 0.0699 e. The third-order valence-corrected chi connectivity index (χ3v) is 3.51. The highest BCUT2D eigenvalue weighted by Crippen LogP contribution is 2.33. The van der Waals surface area contributed by atoms with Gasteiger partial charge in [-0.25, -0.2) is 0 Å². The molecule has 0 bridgehead atoms. The second-order valence-corrected chi connectivity index (χ2v) is 4.75. The molecule has 1 aliphatic heterocycles. The van der Waals surface area contributed by atoms with Crippen molar-refractivity contribution in [1.29, 1.82) is 0 Å². The second-order valence-electron chi connectivity index (χ2n) is 4.75. The van der Waals surface area contributed by atoms with Crippen LogP contribution in [0.15, 0.2) is 0 Å². The summed E-state index contributed by atoms with van der Waals surface area (Å²) in [6.45, 7) is 4.35. The molecule has 1 saturated heterocycles. The van der Waals surface area contributed by atoms with E-state index in [4.69, 9.17) is 4.74 Å². The summed E-state index contributed by atoms with van der Waals surface area (Å²) in [5, 5.41) is 3.68. The molecule has 2 heteroatoms. The van der Waals surface area contributed by atoms with Crippen molar-refractivity contribution in [2.45, 2.75) is 57.6 Å². The highest BCUT2D eigenvalue weighted by molar-refractivity contribution is 4.86. The van der Waals surface area contributed by atoms with Crippen molar-refractivity contribution in [2.24, 2.45) is 5.92 Å². The van der Waals surface area contributed by atoms with Gasteiger partial charge in [-0.05, 0) is 44.4 Å². The first-order chi connectivity index (χ1) is 6.90. The Morgan fingerprint density at radius 1 is 1.29 bits per heavy atom. The van der Waals surface area contributed by atoms with Gasteiger partial charge in [-0.2, -0.15) is 0 Å². The van der Waals surface area contributed by atoms with Crippen molar-refractivity contribution in [2.75, 3.05) is 13.2 Å². The van der Waals surface area contributed by atoms with Gasteiger partial charge >= 0.3 is 0 Å². The molecule has 2 fully saturated rings. The summed E-state index contributed by atoms with van der Waals surface area (Å²) in [5.41, 5.74) is 0. The first-order valence-electron chi connectivity index (χ1n) is 6.25. The normalized spacial score (nSPS) is 30.2. The lowest BCUT2D eigenvalue weighted by molar-refractivity contribution is 0.0149. The molecule has 1 aliphatic carbocycles. The molecule has 2 atom stereocenters. The van der Waals surface area contributed by atoms with Crippen molar-refractivity contribution in [3.05, 3.63) is 0 Å². The SMILES string of the molecule is CCC(NCC1CCCCO1)C1CC1. The van der Waals surface area contributed by atoms with Gasteiger partial charge < -0.3 is 10.1 Å². The molecule has 0 aromatic rings. The van der Waals surface area contributed by atoms with E-state index < -0.39 is 0 Å². The summed E-state index contributed by atoms with van der Waals surface area (Å²) in [5.74, 6) is 0.976. The van der Waals surface area contributed by atoms with Crippen LogP contribution in [0.25, 0.3) is 0 Å². The van der Waals surface area contributed by atoms with Gasteiger partial charge in [-0.15, -0.1) is 0 Å². The highest BCUT2D eigenvalue weighted by atomic mass is 16.5. The Kier molecular flexibility index (Phi) is 3.82. The lowest BCUT2D eigenvalue weighted by atomic mass is 10.1.